The SMILES string of the molecule is N#CN(Cc1cc([N+](=O)[O-])cc([N+](=O)[O-])c1)c1ccc(Br)cc1. The fourth-order valence-corrected chi connectivity index (χ4v) is 2.21. The molecule has 0 N–H and O–H groups in total. The largest absolute Gasteiger partial charge is 0.276 e. The summed E-state index contributed by atoms with van der Waals surface area (Å²) in [5, 5.41) is 31.0. The van der Waals surface area contributed by atoms with Gasteiger partial charge in [-0.1, -0.05) is 15.9 Å². The maximum atomic E-state index is 10.9. The van der Waals surface area contributed by atoms with Crippen LogP contribution in [0, 0.1) is 31.7 Å². The van der Waals surface area contributed by atoms with Crippen LogP contribution in [0.25, 0.3) is 0 Å². The first-order chi connectivity index (χ1) is 10.9. The minimum atomic E-state index is -0.702. The van der Waals surface area contributed by atoms with Gasteiger partial charge in [0.05, 0.1) is 28.1 Å². The number of nitro benzene ring substituents is 2. The highest BCUT2D eigenvalue weighted by molar-refractivity contribution is 9.10. The molecule has 0 spiro atoms. The summed E-state index contributed by atoms with van der Waals surface area (Å²) < 4.78 is 0.838. The summed E-state index contributed by atoms with van der Waals surface area (Å²) in [6, 6.07) is 10.2. The summed E-state index contributed by atoms with van der Waals surface area (Å²) in [6.45, 7) is -0.0132. The van der Waals surface area contributed by atoms with Crippen LogP contribution in [-0.2, 0) is 6.54 Å². The first-order valence-corrected chi connectivity index (χ1v) is 7.05. The van der Waals surface area contributed by atoms with E-state index in [9.17, 15) is 25.5 Å². The number of hydrogen-bond acceptors (Lipinski definition) is 6. The Morgan fingerprint density at radius 3 is 2.00 bits per heavy atom. The van der Waals surface area contributed by atoms with Gasteiger partial charge in [0.1, 0.15) is 0 Å². The van der Waals surface area contributed by atoms with E-state index in [1.807, 2.05) is 6.19 Å². The van der Waals surface area contributed by atoms with Crippen LogP contribution in [0.4, 0.5) is 17.1 Å². The fourth-order valence-electron chi connectivity index (χ4n) is 1.95. The molecule has 0 aliphatic heterocycles. The molecule has 9 heteroatoms. The van der Waals surface area contributed by atoms with Gasteiger partial charge in [0.15, 0.2) is 6.19 Å². The zero-order valence-corrected chi connectivity index (χ0v) is 13.1. The molecule has 0 atom stereocenters. The van der Waals surface area contributed by atoms with E-state index < -0.39 is 9.85 Å². The van der Waals surface area contributed by atoms with Gasteiger partial charge in [0, 0.05) is 16.6 Å². The summed E-state index contributed by atoms with van der Waals surface area (Å²) in [6.07, 6.45) is 1.96. The van der Waals surface area contributed by atoms with Gasteiger partial charge in [-0.05, 0) is 29.8 Å². The number of benzene rings is 2. The quantitative estimate of drug-likeness (QED) is 0.339. The van der Waals surface area contributed by atoms with Crippen LogP contribution in [0.15, 0.2) is 46.9 Å². The number of rotatable bonds is 5. The molecule has 23 heavy (non-hydrogen) atoms. The van der Waals surface area contributed by atoms with Crippen molar-refractivity contribution in [3.63, 3.8) is 0 Å². The van der Waals surface area contributed by atoms with E-state index in [2.05, 4.69) is 15.9 Å². The van der Waals surface area contributed by atoms with Gasteiger partial charge < -0.3 is 0 Å². The molecule has 0 aromatic heterocycles. The van der Waals surface area contributed by atoms with Crippen molar-refractivity contribution in [2.24, 2.45) is 0 Å². The predicted octanol–water partition coefficient (Wildman–Crippen LogP) is 3.75. The first kappa shape index (κ1) is 16.4. The highest BCUT2D eigenvalue weighted by Crippen LogP contribution is 2.25. The van der Waals surface area contributed by atoms with E-state index in [1.165, 1.54) is 17.0 Å². The Balaban J connectivity index is 2.37. The molecule has 116 valence electrons. The molecule has 8 nitrogen and oxygen atoms in total. The maximum absolute atomic E-state index is 10.9. The Morgan fingerprint density at radius 1 is 1.04 bits per heavy atom. The lowest BCUT2D eigenvalue weighted by atomic mass is 10.1. The fraction of sp³-hybridized carbons (Fsp3) is 0.0714. The molecule has 0 radical (unpaired) electrons. The molecular formula is C14H9BrN4O4. The van der Waals surface area contributed by atoms with Crippen LogP contribution in [0.2, 0.25) is 0 Å². The number of nitro groups is 2. The third-order valence-electron chi connectivity index (χ3n) is 2.98. The van der Waals surface area contributed by atoms with E-state index in [0.717, 1.165) is 10.5 Å². The van der Waals surface area contributed by atoms with E-state index in [-0.39, 0.29) is 17.9 Å². The summed E-state index contributed by atoms with van der Waals surface area (Å²) in [5.41, 5.74) is 0.103. The number of nitriles is 1. The molecule has 0 fully saturated rings. The lowest BCUT2D eigenvalue weighted by Gasteiger charge is -2.15. The lowest BCUT2D eigenvalue weighted by Crippen LogP contribution is -2.15. The summed E-state index contributed by atoms with van der Waals surface area (Å²) in [5.74, 6) is 0. The molecule has 0 aliphatic rings. The van der Waals surface area contributed by atoms with Crippen LogP contribution in [0.3, 0.4) is 0 Å². The lowest BCUT2D eigenvalue weighted by molar-refractivity contribution is -0.394. The molecule has 0 aliphatic carbocycles. The van der Waals surface area contributed by atoms with Crippen LogP contribution in [0.1, 0.15) is 5.56 Å². The summed E-state index contributed by atoms with van der Waals surface area (Å²) >= 11 is 3.28. The molecule has 0 saturated carbocycles. The number of halogens is 1. The molecular weight excluding hydrogens is 368 g/mol. The topological polar surface area (TPSA) is 113 Å². The average Bonchev–Trinajstić information content (AvgIpc) is 2.53. The van der Waals surface area contributed by atoms with Gasteiger partial charge in [-0.25, -0.2) is 0 Å². The second kappa shape index (κ2) is 6.85. The van der Waals surface area contributed by atoms with Crippen molar-refractivity contribution < 1.29 is 9.85 Å². The van der Waals surface area contributed by atoms with Crippen molar-refractivity contribution in [2.75, 3.05) is 4.90 Å². The molecule has 0 heterocycles. The second-order valence-electron chi connectivity index (χ2n) is 4.53. The highest BCUT2D eigenvalue weighted by atomic mass is 79.9. The first-order valence-electron chi connectivity index (χ1n) is 6.26. The standard InChI is InChI=1S/C14H9BrN4O4/c15-11-1-3-12(4-2-11)17(9-16)8-10-5-13(18(20)21)7-14(6-10)19(22)23/h1-7H,8H2. The average molecular weight is 377 g/mol. The van der Waals surface area contributed by atoms with E-state index >= 15 is 0 Å². The Morgan fingerprint density at radius 2 is 1.57 bits per heavy atom. The van der Waals surface area contributed by atoms with Crippen LogP contribution in [0.5, 0.6) is 0 Å². The molecule has 0 saturated heterocycles. The number of hydrogen-bond donors (Lipinski definition) is 0. The molecule has 2 aromatic carbocycles. The molecule has 0 amide bonds. The molecule has 2 rings (SSSR count). The van der Waals surface area contributed by atoms with Crippen molar-refractivity contribution >= 4 is 33.0 Å². The molecule has 0 unspecified atom stereocenters. The minimum Gasteiger partial charge on any atom is -0.275 e. The number of anilines is 1. The van der Waals surface area contributed by atoms with Crippen molar-refractivity contribution in [1.82, 2.24) is 0 Å². The summed E-state index contributed by atoms with van der Waals surface area (Å²) in [4.78, 5) is 21.7. The van der Waals surface area contributed by atoms with Crippen LogP contribution < -0.4 is 4.90 Å². The van der Waals surface area contributed by atoms with Gasteiger partial charge in [-0.3, -0.25) is 25.1 Å². The Labute approximate surface area is 139 Å². The normalized spacial score (nSPS) is 9.91. The third-order valence-corrected chi connectivity index (χ3v) is 3.51. The second-order valence-corrected chi connectivity index (χ2v) is 5.45. The Hall–Kier alpha value is -2.99. The van der Waals surface area contributed by atoms with Crippen molar-refractivity contribution in [2.45, 2.75) is 6.54 Å². The van der Waals surface area contributed by atoms with Gasteiger partial charge in [-0.2, -0.15) is 5.26 Å². The Kier molecular flexibility index (Phi) is 4.88. The molecule has 0 bridgehead atoms. The van der Waals surface area contributed by atoms with E-state index in [0.29, 0.717) is 11.3 Å². The van der Waals surface area contributed by atoms with Crippen LogP contribution >= 0.6 is 15.9 Å². The van der Waals surface area contributed by atoms with Gasteiger partial charge in [0.2, 0.25) is 0 Å². The van der Waals surface area contributed by atoms with Gasteiger partial charge in [0.25, 0.3) is 11.4 Å². The minimum absolute atomic E-state index is 0.0132. The maximum Gasteiger partial charge on any atom is 0.276 e. The van der Waals surface area contributed by atoms with Crippen molar-refractivity contribution in [3.8, 4) is 6.19 Å². The number of nitrogens with zero attached hydrogens (tertiary/aromatic N) is 4. The smallest absolute Gasteiger partial charge is 0.275 e. The summed E-state index contributed by atoms with van der Waals surface area (Å²) in [7, 11) is 0. The third kappa shape index (κ3) is 4.02. The number of non-ortho nitro benzene ring substituents is 2. The van der Waals surface area contributed by atoms with E-state index in [4.69, 9.17) is 0 Å². The van der Waals surface area contributed by atoms with Gasteiger partial charge >= 0.3 is 0 Å². The zero-order chi connectivity index (χ0) is 17.0. The van der Waals surface area contributed by atoms with E-state index in [1.54, 1.807) is 24.3 Å². The zero-order valence-electron chi connectivity index (χ0n) is 11.5. The molecule has 2 aromatic rings. The van der Waals surface area contributed by atoms with Gasteiger partial charge in [-0.15, -0.1) is 0 Å². The highest BCUT2D eigenvalue weighted by Gasteiger charge is 2.18. The predicted molar refractivity (Wildman–Crippen MR) is 85.7 cm³/mol. The Bertz CT molecular complexity index is 769. The van der Waals surface area contributed by atoms with Crippen LogP contribution in [-0.4, -0.2) is 9.85 Å². The van der Waals surface area contributed by atoms with Crippen molar-refractivity contribution in [3.05, 3.63) is 72.7 Å². The monoisotopic (exact) mass is 376 g/mol. The van der Waals surface area contributed by atoms with Crippen molar-refractivity contribution in [1.29, 1.82) is 5.26 Å².